The number of hydrogen-bond donors (Lipinski definition) is 3. The molecule has 7 nitrogen and oxygen atoms in total. The van der Waals surface area contributed by atoms with Gasteiger partial charge in [-0.05, 0) is 25.1 Å². The summed E-state index contributed by atoms with van der Waals surface area (Å²) in [7, 11) is 1.47. The fraction of sp³-hybridized carbons (Fsp3) is 0.333. The average molecular weight is 422 g/mol. The van der Waals surface area contributed by atoms with Crippen LogP contribution in [-0.4, -0.2) is 47.1 Å². The van der Waals surface area contributed by atoms with Gasteiger partial charge in [-0.25, -0.2) is 13.6 Å². The van der Waals surface area contributed by atoms with E-state index in [0.29, 0.717) is 5.35 Å². The van der Waals surface area contributed by atoms with Crippen LogP contribution in [0.25, 0.3) is 12.2 Å². The fourth-order valence-electron chi connectivity index (χ4n) is 2.97. The quantitative estimate of drug-likeness (QED) is 0.534. The second-order valence-corrected chi connectivity index (χ2v) is 6.59. The number of aliphatic hydroxyl groups is 1. The zero-order chi connectivity index (χ0) is 22.3. The second-order valence-electron chi connectivity index (χ2n) is 6.59. The molecule has 0 saturated heterocycles. The first-order valence-electron chi connectivity index (χ1n) is 9.25. The van der Waals surface area contributed by atoms with Gasteiger partial charge in [0.25, 0.3) is 0 Å². The highest BCUT2D eigenvalue weighted by atomic mass is 19.1. The molecule has 0 aliphatic heterocycles. The second kappa shape index (κ2) is 10.8. The molecule has 30 heavy (non-hydrogen) atoms. The number of aromatic nitrogens is 1. The number of carboxylic acid groups (broad SMARTS) is 1. The Morgan fingerprint density at radius 3 is 2.57 bits per heavy atom. The lowest BCUT2D eigenvalue weighted by Gasteiger charge is -2.13. The minimum absolute atomic E-state index is 0.0686. The van der Waals surface area contributed by atoms with Gasteiger partial charge in [-0.1, -0.05) is 12.1 Å². The van der Waals surface area contributed by atoms with Crippen LogP contribution < -0.4 is 21.3 Å². The normalized spacial score (nSPS) is 13.6. The van der Waals surface area contributed by atoms with Crippen molar-refractivity contribution in [3.63, 3.8) is 0 Å². The standard InChI is InChI=1S/C21H24F2N2O5/c1-13(24-11-15-17(22)4-3-5-18(15)23)10-14-19(6-9-30-2)25(7-8-26)12-16(20(14)27)21(28)29/h3-6,10,12-13,24,26H,7-9,11H2,1-2H3,(H,28,29)/b14-10+,19-6+. The number of carboxylic acids is 1. The maximum atomic E-state index is 13.8. The lowest BCUT2D eigenvalue weighted by Crippen LogP contribution is -2.49. The molecule has 0 spiro atoms. The zero-order valence-corrected chi connectivity index (χ0v) is 16.7. The molecule has 0 radical (unpaired) electrons. The van der Waals surface area contributed by atoms with Crippen LogP contribution in [0, 0.1) is 11.6 Å². The van der Waals surface area contributed by atoms with Gasteiger partial charge in [-0.2, -0.15) is 0 Å². The summed E-state index contributed by atoms with van der Waals surface area (Å²) in [5, 5.41) is 22.1. The van der Waals surface area contributed by atoms with Crippen molar-refractivity contribution in [2.24, 2.45) is 0 Å². The van der Waals surface area contributed by atoms with Crippen molar-refractivity contribution < 1.29 is 28.5 Å². The minimum Gasteiger partial charge on any atom is -0.477 e. The molecule has 2 aromatic rings. The Labute approximate surface area is 171 Å². The number of aliphatic hydroxyl groups excluding tert-OH is 1. The van der Waals surface area contributed by atoms with Gasteiger partial charge in [-0.15, -0.1) is 0 Å². The van der Waals surface area contributed by atoms with E-state index in [0.717, 1.165) is 12.1 Å². The number of pyridine rings is 1. The SMILES string of the molecule is COC/C=c1\c(=C/C(C)NCc2c(F)cccc2F)c(=O)c(C(=O)O)cn1CCO. The van der Waals surface area contributed by atoms with Gasteiger partial charge in [0, 0.05) is 48.6 Å². The van der Waals surface area contributed by atoms with E-state index in [9.17, 15) is 28.6 Å². The predicted molar refractivity (Wildman–Crippen MR) is 107 cm³/mol. The molecular formula is C21H24F2N2O5. The van der Waals surface area contributed by atoms with Crippen molar-refractivity contribution in [1.29, 1.82) is 0 Å². The molecule has 162 valence electrons. The summed E-state index contributed by atoms with van der Waals surface area (Å²) in [4.78, 5) is 24.3. The Hall–Kier alpha value is -2.88. The Morgan fingerprint density at radius 1 is 1.33 bits per heavy atom. The molecule has 1 aromatic heterocycles. The molecule has 2 rings (SSSR count). The number of ether oxygens (including phenoxy) is 1. The van der Waals surface area contributed by atoms with Crippen molar-refractivity contribution in [2.45, 2.75) is 26.1 Å². The Kier molecular flexibility index (Phi) is 8.40. The van der Waals surface area contributed by atoms with Crippen molar-refractivity contribution in [2.75, 3.05) is 20.3 Å². The van der Waals surface area contributed by atoms with Crippen LogP contribution >= 0.6 is 0 Å². The maximum Gasteiger partial charge on any atom is 0.341 e. The lowest BCUT2D eigenvalue weighted by atomic mass is 10.1. The number of methoxy groups -OCH3 is 1. The number of carbonyl (C=O) groups is 1. The highest BCUT2D eigenvalue weighted by Crippen LogP contribution is 2.11. The van der Waals surface area contributed by atoms with E-state index >= 15 is 0 Å². The molecular weight excluding hydrogens is 398 g/mol. The number of rotatable bonds is 9. The van der Waals surface area contributed by atoms with Crippen LogP contribution in [0.4, 0.5) is 8.78 Å². The molecule has 0 bridgehead atoms. The summed E-state index contributed by atoms with van der Waals surface area (Å²) in [5.74, 6) is -2.78. The van der Waals surface area contributed by atoms with Crippen LogP contribution in [0.1, 0.15) is 22.8 Å². The predicted octanol–water partition coefficient (Wildman–Crippen LogP) is 0.203. The number of benzene rings is 1. The summed E-state index contributed by atoms with van der Waals surface area (Å²) >= 11 is 0. The van der Waals surface area contributed by atoms with Crippen LogP contribution in [0.5, 0.6) is 0 Å². The molecule has 1 unspecified atom stereocenters. The lowest BCUT2D eigenvalue weighted by molar-refractivity contribution is 0.0694. The van der Waals surface area contributed by atoms with Gasteiger partial charge in [0.1, 0.15) is 17.2 Å². The number of nitrogens with zero attached hydrogens (tertiary/aromatic N) is 1. The van der Waals surface area contributed by atoms with Crippen molar-refractivity contribution in [1.82, 2.24) is 9.88 Å². The molecule has 1 heterocycles. The van der Waals surface area contributed by atoms with E-state index in [-0.39, 0.29) is 37.1 Å². The average Bonchev–Trinajstić information content (AvgIpc) is 2.69. The first kappa shape index (κ1) is 23.4. The topological polar surface area (TPSA) is 101 Å². The third-order valence-electron chi connectivity index (χ3n) is 4.45. The van der Waals surface area contributed by atoms with Crippen LogP contribution in [0.2, 0.25) is 0 Å². The zero-order valence-electron chi connectivity index (χ0n) is 16.7. The number of aromatic carboxylic acids is 1. The molecule has 0 amide bonds. The summed E-state index contributed by atoms with van der Waals surface area (Å²) in [6.45, 7) is 1.49. The molecule has 0 aliphatic carbocycles. The summed E-state index contributed by atoms with van der Waals surface area (Å²) in [6.07, 6.45) is 4.26. The van der Waals surface area contributed by atoms with Crippen LogP contribution in [0.15, 0.2) is 29.2 Å². The number of nitrogens with one attached hydrogen (secondary N) is 1. The Balaban J connectivity index is 2.55. The number of hydrogen-bond acceptors (Lipinski definition) is 5. The van der Waals surface area contributed by atoms with Gasteiger partial charge >= 0.3 is 5.97 Å². The monoisotopic (exact) mass is 422 g/mol. The largest absolute Gasteiger partial charge is 0.477 e. The van der Waals surface area contributed by atoms with E-state index in [1.165, 1.54) is 30.0 Å². The maximum absolute atomic E-state index is 13.8. The molecule has 3 N–H and O–H groups in total. The third kappa shape index (κ3) is 5.59. The fourth-order valence-corrected chi connectivity index (χ4v) is 2.97. The molecule has 0 saturated carbocycles. The third-order valence-corrected chi connectivity index (χ3v) is 4.45. The first-order chi connectivity index (χ1) is 14.3. The minimum atomic E-state index is -1.39. The molecule has 1 aromatic carbocycles. The highest BCUT2D eigenvalue weighted by Gasteiger charge is 2.14. The van der Waals surface area contributed by atoms with Gasteiger partial charge < -0.3 is 24.8 Å². The Morgan fingerprint density at radius 2 is 2.00 bits per heavy atom. The first-order valence-corrected chi connectivity index (χ1v) is 9.25. The smallest absolute Gasteiger partial charge is 0.341 e. The molecule has 1 atom stereocenters. The highest BCUT2D eigenvalue weighted by molar-refractivity contribution is 5.87. The van der Waals surface area contributed by atoms with Crippen molar-refractivity contribution in [3.05, 3.63) is 67.9 Å². The number of halogens is 2. The van der Waals surface area contributed by atoms with Gasteiger partial charge in [0.15, 0.2) is 0 Å². The summed E-state index contributed by atoms with van der Waals surface area (Å²) in [6, 6.07) is 3.03. The Bertz CT molecular complexity index is 1060. The van der Waals surface area contributed by atoms with Crippen LogP contribution in [0.3, 0.4) is 0 Å². The molecule has 9 heteroatoms. The molecule has 0 aliphatic rings. The molecule has 0 fully saturated rings. The van der Waals surface area contributed by atoms with Gasteiger partial charge in [0.2, 0.25) is 5.43 Å². The summed E-state index contributed by atoms with van der Waals surface area (Å²) in [5.41, 5.74) is -1.29. The van der Waals surface area contributed by atoms with E-state index in [2.05, 4.69) is 5.32 Å². The van der Waals surface area contributed by atoms with Gasteiger partial charge in [0.05, 0.1) is 13.2 Å². The van der Waals surface area contributed by atoms with E-state index in [4.69, 9.17) is 4.74 Å². The summed E-state index contributed by atoms with van der Waals surface area (Å²) < 4.78 is 34.1. The van der Waals surface area contributed by atoms with Crippen molar-refractivity contribution in [3.8, 4) is 0 Å². The van der Waals surface area contributed by atoms with E-state index in [1.54, 1.807) is 13.0 Å². The van der Waals surface area contributed by atoms with Crippen LogP contribution in [-0.2, 0) is 17.8 Å². The van der Waals surface area contributed by atoms with E-state index < -0.39 is 34.6 Å². The van der Waals surface area contributed by atoms with Crippen molar-refractivity contribution >= 4 is 18.1 Å². The van der Waals surface area contributed by atoms with Gasteiger partial charge in [-0.3, -0.25) is 4.79 Å². The van der Waals surface area contributed by atoms with E-state index in [1.807, 2.05) is 0 Å².